The van der Waals surface area contributed by atoms with Crippen molar-refractivity contribution in [2.24, 2.45) is 5.73 Å². The minimum Gasteiger partial charge on any atom is -0.463 e. The normalized spacial score (nSPS) is 14.1. The molecule has 1 aromatic carbocycles. The van der Waals surface area contributed by atoms with E-state index >= 15 is 0 Å². The van der Waals surface area contributed by atoms with Gasteiger partial charge in [-0.15, -0.1) is 11.3 Å². The third kappa shape index (κ3) is 2.34. The number of fused-ring (bicyclic) bond motifs is 2. The first-order chi connectivity index (χ1) is 12.3. The first-order valence-electron chi connectivity index (χ1n) is 8.70. The van der Waals surface area contributed by atoms with Crippen LogP contribution in [0.3, 0.4) is 0 Å². The first-order valence-corrected chi connectivity index (χ1v) is 9.58. The molecule has 5 heteroatoms. The number of nitrogens with two attached hydrogens (primary N) is 1. The Bertz CT molecular complexity index is 1040. The van der Waals surface area contributed by atoms with Crippen LogP contribution in [-0.4, -0.2) is 9.38 Å². The standard InChI is InChI=1S/C20H19N3OS/c21-11-16-19(15-8-7-13-4-1-2-5-14(13)10-15)22-20-23(16)17(12-25-20)18-6-3-9-24-18/h3,6-10,12H,1-2,4-5,11,21H2. The van der Waals surface area contributed by atoms with Crippen LogP contribution in [0.5, 0.6) is 0 Å². The molecule has 0 unspecified atom stereocenters. The summed E-state index contributed by atoms with van der Waals surface area (Å²) in [6.45, 7) is 0.442. The number of thiazole rings is 1. The molecule has 0 bridgehead atoms. The summed E-state index contributed by atoms with van der Waals surface area (Å²) in [6, 6.07) is 10.7. The van der Waals surface area contributed by atoms with Crippen LogP contribution in [0.1, 0.15) is 29.7 Å². The van der Waals surface area contributed by atoms with Gasteiger partial charge in [0.25, 0.3) is 0 Å². The second kappa shape index (κ2) is 5.86. The van der Waals surface area contributed by atoms with Crippen LogP contribution in [0, 0.1) is 0 Å². The van der Waals surface area contributed by atoms with Crippen molar-refractivity contribution in [3.05, 3.63) is 58.8 Å². The van der Waals surface area contributed by atoms with Gasteiger partial charge in [-0.05, 0) is 55.0 Å². The molecule has 0 aliphatic heterocycles. The van der Waals surface area contributed by atoms with E-state index < -0.39 is 0 Å². The molecule has 0 saturated carbocycles. The molecular weight excluding hydrogens is 330 g/mol. The fourth-order valence-electron chi connectivity index (χ4n) is 3.81. The molecule has 3 heterocycles. The number of aryl methyl sites for hydroxylation is 2. The van der Waals surface area contributed by atoms with Crippen LogP contribution < -0.4 is 5.73 Å². The van der Waals surface area contributed by atoms with Gasteiger partial charge in [0, 0.05) is 17.5 Å². The van der Waals surface area contributed by atoms with Gasteiger partial charge in [0.15, 0.2) is 10.7 Å². The first kappa shape index (κ1) is 14.9. The quantitative estimate of drug-likeness (QED) is 0.585. The lowest BCUT2D eigenvalue weighted by molar-refractivity contribution is 0.579. The summed E-state index contributed by atoms with van der Waals surface area (Å²) in [6.07, 6.45) is 6.64. The molecule has 0 amide bonds. The van der Waals surface area contributed by atoms with E-state index in [2.05, 4.69) is 28.0 Å². The minimum atomic E-state index is 0.442. The largest absolute Gasteiger partial charge is 0.463 e. The van der Waals surface area contributed by atoms with Crippen molar-refractivity contribution >= 4 is 16.3 Å². The van der Waals surface area contributed by atoms with Crippen molar-refractivity contribution < 1.29 is 4.42 Å². The summed E-state index contributed by atoms with van der Waals surface area (Å²) in [5, 5.41) is 2.08. The smallest absolute Gasteiger partial charge is 0.195 e. The topological polar surface area (TPSA) is 56.5 Å². The number of furan rings is 1. The predicted molar refractivity (Wildman–Crippen MR) is 101 cm³/mol. The molecular formula is C20H19N3OS. The van der Waals surface area contributed by atoms with Gasteiger partial charge < -0.3 is 10.2 Å². The summed E-state index contributed by atoms with van der Waals surface area (Å²) in [5.41, 5.74) is 13.3. The Morgan fingerprint density at radius 1 is 1.16 bits per heavy atom. The minimum absolute atomic E-state index is 0.442. The molecule has 4 nitrogen and oxygen atoms in total. The Morgan fingerprint density at radius 3 is 2.84 bits per heavy atom. The van der Waals surface area contributed by atoms with E-state index in [1.54, 1.807) is 17.6 Å². The number of hydrogen-bond acceptors (Lipinski definition) is 4. The van der Waals surface area contributed by atoms with Crippen LogP contribution in [0.15, 0.2) is 46.4 Å². The maximum absolute atomic E-state index is 6.13. The van der Waals surface area contributed by atoms with Crippen LogP contribution in [0.2, 0.25) is 0 Å². The summed E-state index contributed by atoms with van der Waals surface area (Å²) in [5.74, 6) is 0.843. The number of aromatic nitrogens is 2. The maximum atomic E-state index is 6.13. The molecule has 126 valence electrons. The van der Waals surface area contributed by atoms with Gasteiger partial charge in [0.05, 0.1) is 17.7 Å². The van der Waals surface area contributed by atoms with Crippen molar-refractivity contribution in [1.29, 1.82) is 0 Å². The number of hydrogen-bond donors (Lipinski definition) is 1. The van der Waals surface area contributed by atoms with Gasteiger partial charge >= 0.3 is 0 Å². The van der Waals surface area contributed by atoms with Gasteiger partial charge in [-0.3, -0.25) is 4.40 Å². The third-order valence-corrected chi connectivity index (χ3v) is 5.87. The van der Waals surface area contributed by atoms with Crippen LogP contribution >= 0.6 is 11.3 Å². The Morgan fingerprint density at radius 2 is 2.04 bits per heavy atom. The highest BCUT2D eigenvalue weighted by Crippen LogP contribution is 2.34. The van der Waals surface area contributed by atoms with Crippen molar-refractivity contribution in [3.63, 3.8) is 0 Å². The van der Waals surface area contributed by atoms with Gasteiger partial charge in [-0.2, -0.15) is 0 Å². The SMILES string of the molecule is NCc1c(-c2ccc3c(c2)CCCC3)nc2scc(-c3ccco3)n12. The third-order valence-electron chi connectivity index (χ3n) is 5.05. The lowest BCUT2D eigenvalue weighted by Crippen LogP contribution is -2.05. The second-order valence-corrected chi connectivity index (χ2v) is 7.35. The highest BCUT2D eigenvalue weighted by atomic mass is 32.1. The van der Waals surface area contributed by atoms with E-state index in [1.807, 2.05) is 12.1 Å². The molecule has 0 atom stereocenters. The van der Waals surface area contributed by atoms with Gasteiger partial charge in [-0.1, -0.05) is 12.1 Å². The number of benzene rings is 1. The molecule has 0 radical (unpaired) electrons. The molecule has 1 aliphatic rings. The molecule has 0 fully saturated rings. The van der Waals surface area contributed by atoms with E-state index in [0.717, 1.165) is 27.8 Å². The van der Waals surface area contributed by atoms with Gasteiger partial charge in [-0.25, -0.2) is 4.98 Å². The second-order valence-electron chi connectivity index (χ2n) is 6.52. The monoisotopic (exact) mass is 349 g/mol. The van der Waals surface area contributed by atoms with Crippen molar-refractivity contribution in [2.75, 3.05) is 0 Å². The summed E-state index contributed by atoms with van der Waals surface area (Å²) in [4.78, 5) is 5.85. The Hall–Kier alpha value is -2.37. The van der Waals surface area contributed by atoms with E-state index in [9.17, 15) is 0 Å². The Labute approximate surface area is 149 Å². The van der Waals surface area contributed by atoms with E-state index in [-0.39, 0.29) is 0 Å². The summed E-state index contributed by atoms with van der Waals surface area (Å²) < 4.78 is 7.73. The number of imidazole rings is 1. The van der Waals surface area contributed by atoms with Crippen molar-refractivity contribution in [1.82, 2.24) is 9.38 Å². The number of rotatable bonds is 3. The zero-order valence-corrected chi connectivity index (χ0v) is 14.7. The molecule has 1 aliphatic carbocycles. The van der Waals surface area contributed by atoms with E-state index in [4.69, 9.17) is 15.1 Å². The molecule has 3 aromatic heterocycles. The summed E-state index contributed by atoms with van der Waals surface area (Å²) >= 11 is 1.62. The van der Waals surface area contributed by atoms with Gasteiger partial charge in [0.1, 0.15) is 5.69 Å². The highest BCUT2D eigenvalue weighted by Gasteiger charge is 2.20. The van der Waals surface area contributed by atoms with Crippen molar-refractivity contribution in [3.8, 4) is 22.7 Å². The predicted octanol–water partition coefficient (Wildman–Crippen LogP) is 4.66. The Kier molecular flexibility index (Phi) is 3.50. The van der Waals surface area contributed by atoms with Crippen LogP contribution in [0.4, 0.5) is 0 Å². The van der Waals surface area contributed by atoms with Gasteiger partial charge in [0.2, 0.25) is 0 Å². The van der Waals surface area contributed by atoms with E-state index in [1.165, 1.54) is 42.4 Å². The molecule has 0 spiro atoms. The Balaban J connectivity index is 1.69. The lowest BCUT2D eigenvalue weighted by Gasteiger charge is -2.16. The lowest BCUT2D eigenvalue weighted by atomic mass is 9.90. The average Bonchev–Trinajstić information content (AvgIpc) is 3.37. The average molecular weight is 349 g/mol. The number of nitrogens with zero attached hydrogens (tertiary/aromatic N) is 2. The molecule has 25 heavy (non-hydrogen) atoms. The van der Waals surface area contributed by atoms with Crippen molar-refractivity contribution in [2.45, 2.75) is 32.2 Å². The van der Waals surface area contributed by atoms with Crippen LogP contribution in [-0.2, 0) is 19.4 Å². The van der Waals surface area contributed by atoms with E-state index in [0.29, 0.717) is 6.54 Å². The molecule has 4 aromatic rings. The highest BCUT2D eigenvalue weighted by molar-refractivity contribution is 7.15. The zero-order valence-electron chi connectivity index (χ0n) is 13.9. The fraction of sp³-hybridized carbons (Fsp3) is 0.250. The molecule has 5 rings (SSSR count). The molecule has 0 saturated heterocycles. The van der Waals surface area contributed by atoms with Crippen LogP contribution in [0.25, 0.3) is 27.7 Å². The zero-order chi connectivity index (χ0) is 16.8. The summed E-state index contributed by atoms with van der Waals surface area (Å²) in [7, 11) is 0. The fourth-order valence-corrected chi connectivity index (χ4v) is 4.71. The molecule has 2 N–H and O–H groups in total. The maximum Gasteiger partial charge on any atom is 0.195 e.